The van der Waals surface area contributed by atoms with Crippen LogP contribution in [0.5, 0.6) is 0 Å². The molecular formula is C26H33N3O3S. The van der Waals surface area contributed by atoms with Gasteiger partial charge in [-0.3, -0.25) is 4.79 Å². The third kappa shape index (κ3) is 5.24. The first kappa shape index (κ1) is 24.8. The Bertz CT molecular complexity index is 1000. The largest absolute Gasteiger partial charge is 0.458 e. The van der Waals surface area contributed by atoms with E-state index in [9.17, 15) is 9.59 Å². The highest BCUT2D eigenvalue weighted by molar-refractivity contribution is 8.16. The van der Waals surface area contributed by atoms with Crippen molar-refractivity contribution in [2.24, 2.45) is 4.99 Å². The zero-order chi connectivity index (χ0) is 24.1. The van der Waals surface area contributed by atoms with Crippen molar-refractivity contribution in [1.82, 2.24) is 9.80 Å². The molecule has 0 fully saturated rings. The minimum Gasteiger partial charge on any atom is -0.458 e. The predicted molar refractivity (Wildman–Crippen MR) is 135 cm³/mol. The maximum atomic E-state index is 13.1. The topological polar surface area (TPSA) is 62.2 Å². The fourth-order valence-corrected chi connectivity index (χ4v) is 5.03. The van der Waals surface area contributed by atoms with Crippen molar-refractivity contribution in [1.29, 1.82) is 0 Å². The van der Waals surface area contributed by atoms with Gasteiger partial charge < -0.3 is 14.5 Å². The number of carbonyl (C=O) groups is 2. The molecule has 6 nitrogen and oxygen atoms in total. The van der Waals surface area contributed by atoms with Crippen LogP contribution in [0.1, 0.15) is 64.1 Å². The number of esters is 1. The molecule has 1 aromatic rings. The Kier molecular flexibility index (Phi) is 8.19. The summed E-state index contributed by atoms with van der Waals surface area (Å²) < 4.78 is 5.44. The number of allylic oxidation sites excluding steroid dienone is 1. The highest BCUT2D eigenvalue weighted by Crippen LogP contribution is 2.45. The minimum absolute atomic E-state index is 0.0593. The maximum Gasteiger partial charge on any atom is 0.338 e. The van der Waals surface area contributed by atoms with Crippen molar-refractivity contribution in [2.75, 3.05) is 19.7 Å². The lowest BCUT2D eigenvalue weighted by Gasteiger charge is -2.36. The van der Waals surface area contributed by atoms with Crippen LogP contribution in [0.25, 0.3) is 0 Å². The fraction of sp³-hybridized carbons (Fsp3) is 0.423. The van der Waals surface area contributed by atoms with E-state index in [2.05, 4.69) is 44.7 Å². The van der Waals surface area contributed by atoms with Crippen molar-refractivity contribution in [3.8, 4) is 0 Å². The average molecular weight is 468 g/mol. The lowest BCUT2D eigenvalue weighted by molar-refractivity contribution is -0.138. The van der Waals surface area contributed by atoms with E-state index in [0.29, 0.717) is 30.3 Å². The van der Waals surface area contributed by atoms with Crippen LogP contribution >= 0.6 is 11.8 Å². The summed E-state index contributed by atoms with van der Waals surface area (Å²) in [7, 11) is 0. The van der Waals surface area contributed by atoms with E-state index in [1.807, 2.05) is 36.0 Å². The van der Waals surface area contributed by atoms with Gasteiger partial charge in [-0.15, -0.1) is 0 Å². The standard InChI is InChI=1S/C26H33N3O3S/c1-7-14-32-25(31)23-18(6)27-26-29(21(16-33-26)15-22(30)28(8-2)9-3)24(23)20-12-10-19(11-13-20)17(4)5/h7,10-13,16-17,24H,1,8-9,14-15H2,2-6H3. The molecule has 0 saturated carbocycles. The summed E-state index contributed by atoms with van der Waals surface area (Å²) in [5.41, 5.74) is 4.14. The molecule has 0 radical (unpaired) electrons. The molecule has 0 aliphatic carbocycles. The number of hydrogen-bond donors (Lipinski definition) is 0. The summed E-state index contributed by atoms with van der Waals surface area (Å²) in [4.78, 5) is 34.6. The van der Waals surface area contributed by atoms with Crippen LogP contribution in [0.15, 0.2) is 64.3 Å². The first-order valence-electron chi connectivity index (χ1n) is 11.4. The number of carbonyl (C=O) groups excluding carboxylic acids is 2. The lowest BCUT2D eigenvalue weighted by atomic mass is 9.92. The second-order valence-electron chi connectivity index (χ2n) is 8.34. The zero-order valence-corrected chi connectivity index (χ0v) is 20.9. The first-order chi connectivity index (χ1) is 15.8. The van der Waals surface area contributed by atoms with Gasteiger partial charge in [0.1, 0.15) is 6.61 Å². The quantitative estimate of drug-likeness (QED) is 0.361. The smallest absolute Gasteiger partial charge is 0.338 e. The van der Waals surface area contributed by atoms with Crippen molar-refractivity contribution in [3.05, 3.63) is 70.4 Å². The molecule has 1 amide bonds. The minimum atomic E-state index is -0.417. The van der Waals surface area contributed by atoms with Crippen molar-refractivity contribution in [2.45, 2.75) is 53.0 Å². The third-order valence-electron chi connectivity index (χ3n) is 5.92. The fourth-order valence-electron chi connectivity index (χ4n) is 4.06. The second-order valence-corrected chi connectivity index (χ2v) is 9.18. The third-order valence-corrected chi connectivity index (χ3v) is 6.81. The molecule has 2 heterocycles. The predicted octanol–water partition coefficient (Wildman–Crippen LogP) is 5.37. The summed E-state index contributed by atoms with van der Waals surface area (Å²) in [6.45, 7) is 15.2. The van der Waals surface area contributed by atoms with Crippen LogP contribution < -0.4 is 0 Å². The first-order valence-corrected chi connectivity index (χ1v) is 12.3. The average Bonchev–Trinajstić information content (AvgIpc) is 3.19. The molecule has 3 rings (SSSR count). The second kappa shape index (κ2) is 10.9. The Hall–Kier alpha value is -2.80. The van der Waals surface area contributed by atoms with E-state index >= 15 is 0 Å². The molecule has 7 heteroatoms. The van der Waals surface area contributed by atoms with Gasteiger partial charge >= 0.3 is 5.97 Å². The molecule has 1 aromatic carbocycles. The molecule has 1 unspecified atom stereocenters. The van der Waals surface area contributed by atoms with Crippen molar-refractivity contribution >= 4 is 28.8 Å². The number of aliphatic imine (C=N–C) groups is 1. The van der Waals surface area contributed by atoms with Gasteiger partial charge in [-0.1, -0.05) is 62.5 Å². The van der Waals surface area contributed by atoms with Crippen LogP contribution in [-0.2, 0) is 14.3 Å². The highest BCUT2D eigenvalue weighted by Gasteiger charge is 2.41. The van der Waals surface area contributed by atoms with Gasteiger partial charge in [-0.25, -0.2) is 9.79 Å². The molecule has 0 N–H and O–H groups in total. The number of rotatable bonds is 9. The molecule has 2 aliphatic heterocycles. The number of fused-ring (bicyclic) bond motifs is 1. The molecule has 0 aromatic heterocycles. The van der Waals surface area contributed by atoms with Gasteiger partial charge in [0.2, 0.25) is 5.91 Å². The van der Waals surface area contributed by atoms with E-state index in [0.717, 1.165) is 16.4 Å². The van der Waals surface area contributed by atoms with E-state index < -0.39 is 12.0 Å². The number of thioether (sulfide) groups is 1. The van der Waals surface area contributed by atoms with Gasteiger partial charge in [0.25, 0.3) is 0 Å². The summed E-state index contributed by atoms with van der Waals surface area (Å²) >= 11 is 1.49. The highest BCUT2D eigenvalue weighted by atomic mass is 32.2. The zero-order valence-electron chi connectivity index (χ0n) is 20.1. The molecule has 33 heavy (non-hydrogen) atoms. The number of ether oxygens (including phenoxy) is 1. The monoisotopic (exact) mass is 467 g/mol. The Morgan fingerprint density at radius 1 is 1.24 bits per heavy atom. The van der Waals surface area contributed by atoms with E-state index in [1.165, 1.54) is 17.3 Å². The number of hydrogen-bond acceptors (Lipinski definition) is 6. The van der Waals surface area contributed by atoms with Crippen LogP contribution in [0.2, 0.25) is 0 Å². The van der Waals surface area contributed by atoms with Crippen LogP contribution in [0.4, 0.5) is 0 Å². The number of nitrogens with zero attached hydrogens (tertiary/aromatic N) is 3. The Morgan fingerprint density at radius 2 is 1.91 bits per heavy atom. The maximum absolute atomic E-state index is 13.1. The Labute approximate surface area is 201 Å². The van der Waals surface area contributed by atoms with Crippen LogP contribution in [0, 0.1) is 0 Å². The summed E-state index contributed by atoms with van der Waals surface area (Å²) in [5, 5.41) is 2.74. The van der Waals surface area contributed by atoms with Gasteiger partial charge in [0, 0.05) is 18.8 Å². The van der Waals surface area contributed by atoms with Crippen molar-refractivity contribution < 1.29 is 14.3 Å². The van der Waals surface area contributed by atoms with Gasteiger partial charge in [-0.2, -0.15) is 0 Å². The molecule has 1 atom stereocenters. The molecule has 0 spiro atoms. The number of benzene rings is 1. The van der Waals surface area contributed by atoms with Crippen molar-refractivity contribution in [3.63, 3.8) is 0 Å². The molecule has 0 saturated heterocycles. The van der Waals surface area contributed by atoms with Gasteiger partial charge in [0.05, 0.1) is 23.7 Å². The SMILES string of the molecule is C=CCOC(=O)C1=C(C)N=C2SC=C(CC(=O)N(CC)CC)N2C1c1ccc(C(C)C)cc1. The van der Waals surface area contributed by atoms with Crippen LogP contribution in [-0.4, -0.2) is 46.5 Å². The van der Waals surface area contributed by atoms with Gasteiger partial charge in [-0.05, 0) is 43.2 Å². The molecule has 176 valence electrons. The molecular weight excluding hydrogens is 434 g/mol. The Balaban J connectivity index is 2.04. The summed E-state index contributed by atoms with van der Waals surface area (Å²) in [6, 6.07) is 7.90. The van der Waals surface area contributed by atoms with E-state index in [4.69, 9.17) is 9.73 Å². The van der Waals surface area contributed by atoms with E-state index in [1.54, 1.807) is 6.08 Å². The van der Waals surface area contributed by atoms with Gasteiger partial charge in [0.15, 0.2) is 5.17 Å². The normalized spacial score (nSPS) is 17.5. The summed E-state index contributed by atoms with van der Waals surface area (Å²) in [6.07, 6.45) is 1.81. The number of amides is 1. The Morgan fingerprint density at radius 3 is 2.48 bits per heavy atom. The van der Waals surface area contributed by atoms with Crippen LogP contribution in [0.3, 0.4) is 0 Å². The molecule has 0 bridgehead atoms. The lowest BCUT2D eigenvalue weighted by Crippen LogP contribution is -2.38. The number of amidine groups is 1. The molecule has 2 aliphatic rings. The summed E-state index contributed by atoms with van der Waals surface area (Å²) in [5.74, 6) is 0.0462. The van der Waals surface area contributed by atoms with E-state index in [-0.39, 0.29) is 18.9 Å².